The zero-order valence-corrected chi connectivity index (χ0v) is 21.4. The molecule has 0 aliphatic heterocycles. The number of urea groups is 1. The number of rotatable bonds is 9. The summed E-state index contributed by atoms with van der Waals surface area (Å²) in [7, 11) is 0. The van der Waals surface area contributed by atoms with E-state index in [4.69, 9.17) is 5.73 Å². The molecule has 2 amide bonds. The van der Waals surface area contributed by atoms with Gasteiger partial charge >= 0.3 is 12.2 Å². The number of aromatic nitrogens is 1. The van der Waals surface area contributed by atoms with E-state index in [1.165, 1.54) is 0 Å². The molecular weight excluding hydrogens is 510 g/mol. The number of carbonyl (C=O) groups is 1. The summed E-state index contributed by atoms with van der Waals surface area (Å²) in [6, 6.07) is 9.73. The highest BCUT2D eigenvalue weighted by Crippen LogP contribution is 2.32. The molecule has 2 aromatic carbocycles. The Balaban J connectivity index is 1.72. The fourth-order valence-electron chi connectivity index (χ4n) is 3.65. The van der Waals surface area contributed by atoms with Gasteiger partial charge < -0.3 is 26.7 Å². The molecule has 0 aliphatic carbocycles. The molecule has 0 bridgehead atoms. The first-order valence-corrected chi connectivity index (χ1v) is 11.9. The molecule has 0 fully saturated rings. The summed E-state index contributed by atoms with van der Waals surface area (Å²) in [5, 5.41) is 7.88. The number of amides is 2. The minimum absolute atomic E-state index is 0.326. The number of H-pyrrole nitrogens is 1. The molecule has 1 aromatic heterocycles. The first-order valence-electron chi connectivity index (χ1n) is 11.9. The molecule has 6 nitrogen and oxygen atoms in total. The van der Waals surface area contributed by atoms with Gasteiger partial charge in [-0.05, 0) is 80.1 Å². The summed E-state index contributed by atoms with van der Waals surface area (Å²) in [4.78, 5) is 15.5. The van der Waals surface area contributed by atoms with Crippen LogP contribution in [0.5, 0.6) is 0 Å². The van der Waals surface area contributed by atoms with E-state index in [9.17, 15) is 22.4 Å². The van der Waals surface area contributed by atoms with Gasteiger partial charge in [-0.25, -0.2) is 9.18 Å². The van der Waals surface area contributed by atoms with Crippen molar-refractivity contribution in [2.24, 2.45) is 5.73 Å². The lowest BCUT2D eigenvalue weighted by molar-refractivity contribution is -0.137. The van der Waals surface area contributed by atoms with Crippen LogP contribution in [-0.4, -0.2) is 11.0 Å². The normalized spacial score (nSPS) is 12.7. The van der Waals surface area contributed by atoms with Crippen molar-refractivity contribution < 1.29 is 22.4 Å². The van der Waals surface area contributed by atoms with Crippen LogP contribution < -0.4 is 21.7 Å². The average molecular weight is 540 g/mol. The minimum atomic E-state index is -4.68. The van der Waals surface area contributed by atoms with E-state index in [1.54, 1.807) is 36.4 Å². The smallest absolute Gasteiger partial charge is 0.402 e. The third-order valence-corrected chi connectivity index (χ3v) is 5.46. The van der Waals surface area contributed by atoms with Gasteiger partial charge in [0.1, 0.15) is 5.82 Å². The van der Waals surface area contributed by atoms with Gasteiger partial charge in [-0.15, -0.1) is 0 Å². The zero-order chi connectivity index (χ0) is 28.6. The molecule has 0 unspecified atom stereocenters. The number of nitrogens with two attached hydrogens (primary N) is 1. The molecule has 0 spiro atoms. The highest BCUT2D eigenvalue weighted by molar-refractivity contribution is 6.00. The van der Waals surface area contributed by atoms with Crippen LogP contribution in [-0.2, 0) is 6.18 Å². The SMILES string of the molecule is C=C/C=C(\C=C(\N)C/C(C)=C/c1ccc[nH]1)Nc1cc(NC(=O)Nc2cc(C(F)(F)F)ccc2F)ccc1C. The Labute approximate surface area is 224 Å². The van der Waals surface area contributed by atoms with Crippen LogP contribution >= 0.6 is 0 Å². The fraction of sp³-hybridized carbons (Fsp3) is 0.138. The number of halogens is 4. The van der Waals surface area contributed by atoms with E-state index < -0.39 is 29.3 Å². The van der Waals surface area contributed by atoms with Crippen molar-refractivity contribution in [3.63, 3.8) is 0 Å². The topological polar surface area (TPSA) is 95.0 Å². The van der Waals surface area contributed by atoms with Crippen LogP contribution in [0.3, 0.4) is 0 Å². The van der Waals surface area contributed by atoms with Crippen LogP contribution in [0.15, 0.2) is 96.5 Å². The van der Waals surface area contributed by atoms with E-state index in [0.717, 1.165) is 16.8 Å². The van der Waals surface area contributed by atoms with Crippen LogP contribution in [0.25, 0.3) is 6.08 Å². The highest BCUT2D eigenvalue weighted by atomic mass is 19.4. The molecule has 6 N–H and O–H groups in total. The standard InChI is InChI=1S/C29H29F4N5O/c1-4-6-23(16-21(34)13-18(2)14-22-7-5-12-35-22)36-26-17-24(10-8-19(26)3)37-28(39)38-27-15-20(29(31,32)33)9-11-25(27)30/h4-12,14-17,35-36H,1,13,34H2,2-3H3,(H2,37,38,39)/b18-14+,21-16+,23-6+. The van der Waals surface area contributed by atoms with Crippen molar-refractivity contribution >= 4 is 29.2 Å². The van der Waals surface area contributed by atoms with Crippen molar-refractivity contribution in [1.29, 1.82) is 0 Å². The highest BCUT2D eigenvalue weighted by Gasteiger charge is 2.31. The van der Waals surface area contributed by atoms with Gasteiger partial charge in [0.2, 0.25) is 0 Å². The summed E-state index contributed by atoms with van der Waals surface area (Å²) >= 11 is 0. The lowest BCUT2D eigenvalue weighted by Gasteiger charge is -2.15. The first kappa shape index (κ1) is 28.8. The van der Waals surface area contributed by atoms with Crippen LogP contribution in [0.4, 0.5) is 39.4 Å². The fourth-order valence-corrected chi connectivity index (χ4v) is 3.65. The Morgan fingerprint density at radius 1 is 1.08 bits per heavy atom. The second-order valence-electron chi connectivity index (χ2n) is 8.80. The average Bonchev–Trinajstić information content (AvgIpc) is 3.34. The second-order valence-corrected chi connectivity index (χ2v) is 8.80. The molecule has 1 heterocycles. The third-order valence-electron chi connectivity index (χ3n) is 5.46. The Morgan fingerprint density at radius 2 is 1.85 bits per heavy atom. The summed E-state index contributed by atoms with van der Waals surface area (Å²) in [5.41, 5.74) is 9.67. The van der Waals surface area contributed by atoms with E-state index >= 15 is 0 Å². The molecular formula is C29H29F4N5O. The first-order chi connectivity index (χ1) is 18.4. The van der Waals surface area contributed by atoms with Crippen molar-refractivity contribution in [3.8, 4) is 0 Å². The maximum Gasteiger partial charge on any atom is 0.416 e. The Kier molecular flexibility index (Phi) is 9.38. The number of anilines is 3. The van der Waals surface area contributed by atoms with Crippen molar-refractivity contribution in [2.45, 2.75) is 26.4 Å². The number of benzene rings is 2. The summed E-state index contributed by atoms with van der Waals surface area (Å²) in [6.45, 7) is 7.57. The van der Waals surface area contributed by atoms with Crippen molar-refractivity contribution in [1.82, 2.24) is 4.98 Å². The number of hydrogen-bond donors (Lipinski definition) is 5. The number of hydrogen-bond acceptors (Lipinski definition) is 3. The largest absolute Gasteiger partial charge is 0.416 e. The van der Waals surface area contributed by atoms with Gasteiger partial charge in [-0.1, -0.05) is 24.3 Å². The quantitative estimate of drug-likeness (QED) is 0.141. The number of allylic oxidation sites excluding steroid dienone is 4. The van der Waals surface area contributed by atoms with E-state index in [1.807, 2.05) is 38.3 Å². The predicted octanol–water partition coefficient (Wildman–Crippen LogP) is 7.94. The van der Waals surface area contributed by atoms with Gasteiger partial charge in [0, 0.05) is 41.1 Å². The molecule has 39 heavy (non-hydrogen) atoms. The lowest BCUT2D eigenvalue weighted by Crippen LogP contribution is -2.21. The minimum Gasteiger partial charge on any atom is -0.402 e. The molecule has 3 aromatic rings. The summed E-state index contributed by atoms with van der Waals surface area (Å²) < 4.78 is 52.9. The Morgan fingerprint density at radius 3 is 2.51 bits per heavy atom. The van der Waals surface area contributed by atoms with Crippen LogP contribution in [0.1, 0.15) is 30.2 Å². The van der Waals surface area contributed by atoms with E-state index in [-0.39, 0.29) is 0 Å². The molecule has 0 saturated heterocycles. The lowest BCUT2D eigenvalue weighted by atomic mass is 10.1. The van der Waals surface area contributed by atoms with Gasteiger partial charge in [-0.3, -0.25) is 0 Å². The predicted molar refractivity (Wildman–Crippen MR) is 148 cm³/mol. The molecule has 0 saturated carbocycles. The summed E-state index contributed by atoms with van der Waals surface area (Å²) in [5.74, 6) is -0.994. The molecule has 0 atom stereocenters. The van der Waals surface area contributed by atoms with Crippen LogP contribution in [0.2, 0.25) is 0 Å². The molecule has 204 valence electrons. The van der Waals surface area contributed by atoms with Gasteiger partial charge in [0.05, 0.1) is 11.3 Å². The van der Waals surface area contributed by atoms with Crippen molar-refractivity contribution in [3.05, 3.63) is 119 Å². The maximum absolute atomic E-state index is 14.0. The number of aryl methyl sites for hydroxylation is 1. The molecule has 3 rings (SSSR count). The molecule has 0 radical (unpaired) electrons. The number of aromatic amines is 1. The maximum atomic E-state index is 14.0. The van der Waals surface area contributed by atoms with Gasteiger partial charge in [0.15, 0.2) is 0 Å². The third kappa shape index (κ3) is 8.67. The second kappa shape index (κ2) is 12.7. The molecule has 10 heteroatoms. The van der Waals surface area contributed by atoms with Crippen molar-refractivity contribution in [2.75, 3.05) is 16.0 Å². The number of alkyl halides is 3. The number of carbonyl (C=O) groups excluding carboxylic acids is 1. The number of nitrogens with one attached hydrogen (secondary N) is 4. The van der Waals surface area contributed by atoms with E-state index in [0.29, 0.717) is 47.4 Å². The zero-order valence-electron chi connectivity index (χ0n) is 21.4. The molecule has 0 aliphatic rings. The Hall–Kier alpha value is -4.73. The van der Waals surface area contributed by atoms with Gasteiger partial charge in [0.25, 0.3) is 0 Å². The summed E-state index contributed by atoms with van der Waals surface area (Å²) in [6.07, 6.45) is 4.80. The van der Waals surface area contributed by atoms with E-state index in [2.05, 4.69) is 27.5 Å². The monoisotopic (exact) mass is 539 g/mol. The Bertz CT molecular complexity index is 1420. The van der Waals surface area contributed by atoms with Gasteiger partial charge in [-0.2, -0.15) is 13.2 Å². The van der Waals surface area contributed by atoms with Crippen LogP contribution in [0, 0.1) is 12.7 Å².